The summed E-state index contributed by atoms with van der Waals surface area (Å²) in [7, 11) is -10.4. The number of aldehydes is 1. The van der Waals surface area contributed by atoms with Crippen LogP contribution >= 0.6 is 12.2 Å². The summed E-state index contributed by atoms with van der Waals surface area (Å²) in [6.45, 7) is 1.18. The lowest BCUT2D eigenvalue weighted by molar-refractivity contribution is -0.432. The van der Waals surface area contributed by atoms with Gasteiger partial charge in [0.1, 0.15) is 67.2 Å². The Morgan fingerprint density at radius 1 is 0.788 bits per heavy atom. The van der Waals surface area contributed by atoms with Crippen molar-refractivity contribution >= 4 is 39.3 Å². The van der Waals surface area contributed by atoms with Crippen LogP contribution in [0.4, 0.5) is 0 Å². The maximum Gasteiger partial charge on any atom is 0.397 e. The van der Waals surface area contributed by atoms with Gasteiger partial charge in [0, 0.05) is 5.92 Å². The van der Waals surface area contributed by atoms with Gasteiger partial charge >= 0.3 is 20.8 Å². The van der Waals surface area contributed by atoms with Crippen LogP contribution in [-0.2, 0) is 76.5 Å². The zero-order chi connectivity index (χ0) is 38.5. The summed E-state index contributed by atoms with van der Waals surface area (Å²) in [5, 5.41) is 66.5. The smallest absolute Gasteiger partial charge is 0.390 e. The number of carbonyl (C=O) groups excluding carboxylic acids is 1. The van der Waals surface area contributed by atoms with E-state index in [9.17, 15) is 56.3 Å². The number of nitrogens with one attached hydrogen (secondary N) is 1. The molecule has 4 aliphatic rings. The van der Waals surface area contributed by atoms with Crippen LogP contribution < -0.4 is 4.72 Å². The van der Waals surface area contributed by atoms with Crippen LogP contribution in [0.1, 0.15) is 20.3 Å². The number of ether oxygens (including phenoxy) is 7. The topological polar surface area (TPSA) is 361 Å². The molecule has 0 spiro atoms. The first-order valence-electron chi connectivity index (χ1n) is 15.4. The van der Waals surface area contributed by atoms with E-state index in [1.807, 2.05) is 0 Å². The minimum absolute atomic E-state index is 0.133. The average molecular weight is 824 g/mol. The van der Waals surface area contributed by atoms with Gasteiger partial charge in [-0.25, -0.2) is 18.3 Å². The second kappa shape index (κ2) is 18.8. The number of rotatable bonds is 17. The third kappa shape index (κ3) is 11.1. The molecule has 0 aromatic heterocycles. The van der Waals surface area contributed by atoms with Gasteiger partial charge in [-0.2, -0.15) is 16.8 Å². The molecule has 28 heteroatoms. The maximum atomic E-state index is 11.5. The molecule has 304 valence electrons. The Labute approximate surface area is 300 Å². The highest BCUT2D eigenvalue weighted by Gasteiger charge is 2.54. The van der Waals surface area contributed by atoms with Crippen molar-refractivity contribution < 1.29 is 112 Å². The first kappa shape index (κ1) is 43.8. The summed E-state index contributed by atoms with van der Waals surface area (Å²) in [4.78, 5) is 11.3. The molecule has 0 radical (unpaired) electrons. The Kier molecular flexibility index (Phi) is 15.9. The van der Waals surface area contributed by atoms with E-state index in [2.05, 4.69) is 22.5 Å². The number of aliphatic hydroxyl groups excluding tert-OH is 5. The quantitative estimate of drug-likeness (QED) is 0.0127. The van der Waals surface area contributed by atoms with Gasteiger partial charge in [-0.15, -0.1) is 4.33 Å². The van der Waals surface area contributed by atoms with Crippen LogP contribution in [0.25, 0.3) is 0 Å². The molecule has 0 aromatic rings. The number of hydrogen-bond acceptors (Lipinski definition) is 24. The normalized spacial score (nSPS) is 43.4. The van der Waals surface area contributed by atoms with Crippen molar-refractivity contribution in [1.82, 2.24) is 4.72 Å². The fourth-order valence-electron chi connectivity index (χ4n) is 5.86. The van der Waals surface area contributed by atoms with Gasteiger partial charge in [0.15, 0.2) is 31.3 Å². The van der Waals surface area contributed by atoms with E-state index in [-0.39, 0.29) is 18.8 Å². The third-order valence-corrected chi connectivity index (χ3v) is 9.88. The van der Waals surface area contributed by atoms with E-state index >= 15 is 0 Å². The van der Waals surface area contributed by atoms with Crippen molar-refractivity contribution in [2.75, 3.05) is 19.8 Å². The lowest BCUT2D eigenvalue weighted by atomic mass is 9.95. The molecule has 17 unspecified atom stereocenters. The Morgan fingerprint density at radius 3 is 2.06 bits per heavy atom. The maximum absolute atomic E-state index is 11.5. The van der Waals surface area contributed by atoms with Crippen LogP contribution in [0.15, 0.2) is 0 Å². The standard InChI is InChI=1S/C24H41NO24S3/c1-3-9-19(16(29)10(4-26)42-9)45-23-18(31)15(28)11(6-40-23)43-22-13(25-50-49-48-32)17(30)20(12(44-22)7-41-51(33,34)35)46-24-21(47-52(36,37)38)14(27)8(2)5-39-24/h4,8-25,27-32H,3,5-7H2,1-2H3,(H,33,34,35)(H,36,37,38). The molecule has 17 atom stereocenters. The third-order valence-electron chi connectivity index (χ3n) is 8.48. The molecule has 9 N–H and O–H groups in total. The van der Waals surface area contributed by atoms with Crippen LogP contribution in [0.5, 0.6) is 0 Å². The molecule has 0 aliphatic carbocycles. The van der Waals surface area contributed by atoms with Gasteiger partial charge < -0.3 is 63.5 Å². The molecular formula is C24H41NO24S3. The van der Waals surface area contributed by atoms with Crippen molar-refractivity contribution in [3.05, 3.63) is 0 Å². The van der Waals surface area contributed by atoms with Crippen LogP contribution in [0.3, 0.4) is 0 Å². The zero-order valence-corrected chi connectivity index (χ0v) is 29.5. The molecular weight excluding hydrogens is 782 g/mol. The molecule has 0 aromatic carbocycles. The van der Waals surface area contributed by atoms with E-state index in [1.165, 1.54) is 6.92 Å². The Bertz CT molecular complexity index is 1360. The fraction of sp³-hybridized carbons (Fsp3) is 0.958. The first-order valence-corrected chi connectivity index (χ1v) is 18.9. The molecule has 0 saturated carbocycles. The van der Waals surface area contributed by atoms with Crippen molar-refractivity contribution in [3.8, 4) is 0 Å². The second-order valence-corrected chi connectivity index (χ2v) is 14.7. The molecule has 4 aliphatic heterocycles. The Morgan fingerprint density at radius 2 is 1.44 bits per heavy atom. The lowest BCUT2D eigenvalue weighted by Crippen LogP contribution is -2.67. The van der Waals surface area contributed by atoms with Gasteiger partial charge in [-0.3, -0.25) is 9.11 Å². The Hall–Kier alpha value is -0.880. The van der Waals surface area contributed by atoms with Gasteiger partial charge in [-0.1, -0.05) is 18.9 Å². The first-order chi connectivity index (χ1) is 24.4. The highest BCUT2D eigenvalue weighted by atomic mass is 32.3. The SMILES string of the molecule is CCC1OC(C=O)C(O)C1OC1OCC(OC2OC(COS(=O)(=O)O)C(OC3OCC(C)C(O)C3OS(=O)(=O)O)C(O)C2NSOOO)C(O)C1O. The van der Waals surface area contributed by atoms with E-state index in [0.29, 0.717) is 12.7 Å². The van der Waals surface area contributed by atoms with Crippen LogP contribution in [0, 0.1) is 5.92 Å². The van der Waals surface area contributed by atoms with Crippen molar-refractivity contribution in [2.45, 2.75) is 118 Å². The summed E-state index contributed by atoms with van der Waals surface area (Å²) in [5.74, 6) is -0.764. The summed E-state index contributed by atoms with van der Waals surface area (Å²) in [5.41, 5.74) is 0. The highest BCUT2D eigenvalue weighted by molar-refractivity contribution is 7.92. The van der Waals surface area contributed by atoms with Crippen molar-refractivity contribution in [3.63, 3.8) is 0 Å². The van der Waals surface area contributed by atoms with Gasteiger partial charge in [0.2, 0.25) is 0 Å². The minimum atomic E-state index is -5.23. The fourth-order valence-corrected chi connectivity index (χ4v) is 7.08. The largest absolute Gasteiger partial charge is 0.397 e. The molecule has 25 nitrogen and oxygen atoms in total. The molecule has 4 rings (SSSR count). The monoisotopic (exact) mass is 823 g/mol. The van der Waals surface area contributed by atoms with E-state index in [1.54, 1.807) is 6.92 Å². The molecule has 4 saturated heterocycles. The number of carbonyl (C=O) groups is 1. The van der Waals surface area contributed by atoms with E-state index < -0.39 is 138 Å². The lowest BCUT2D eigenvalue weighted by Gasteiger charge is -2.48. The number of aliphatic hydroxyl groups is 5. The predicted octanol–water partition coefficient (Wildman–Crippen LogP) is -4.65. The van der Waals surface area contributed by atoms with Crippen molar-refractivity contribution in [2.24, 2.45) is 5.92 Å². The summed E-state index contributed by atoms with van der Waals surface area (Å²) >= 11 is 0.133. The van der Waals surface area contributed by atoms with E-state index in [4.69, 9.17) is 38.4 Å². The van der Waals surface area contributed by atoms with Gasteiger partial charge in [-0.05, 0) is 6.42 Å². The van der Waals surface area contributed by atoms with Gasteiger partial charge in [0.25, 0.3) is 0 Å². The zero-order valence-electron chi connectivity index (χ0n) is 27.1. The number of hydrogen-bond donors (Lipinski definition) is 9. The van der Waals surface area contributed by atoms with Crippen LogP contribution in [-0.4, -0.2) is 181 Å². The predicted molar refractivity (Wildman–Crippen MR) is 160 cm³/mol. The molecule has 0 bridgehead atoms. The van der Waals surface area contributed by atoms with E-state index in [0.717, 1.165) is 0 Å². The minimum Gasteiger partial charge on any atom is -0.390 e. The summed E-state index contributed by atoms with van der Waals surface area (Å²) in [6, 6.07) is -1.62. The highest BCUT2D eigenvalue weighted by Crippen LogP contribution is 2.34. The Balaban J connectivity index is 1.55. The summed E-state index contributed by atoms with van der Waals surface area (Å²) < 4.78 is 120. The average Bonchev–Trinajstić information content (AvgIpc) is 3.38. The summed E-state index contributed by atoms with van der Waals surface area (Å²) in [6.07, 6.45) is -23.6. The molecule has 4 fully saturated rings. The second-order valence-electron chi connectivity index (χ2n) is 12.0. The molecule has 0 amide bonds. The van der Waals surface area contributed by atoms with Gasteiger partial charge in [0.05, 0.1) is 38.1 Å². The van der Waals surface area contributed by atoms with Crippen LogP contribution in [0.2, 0.25) is 0 Å². The van der Waals surface area contributed by atoms with Crippen molar-refractivity contribution in [1.29, 1.82) is 0 Å². The molecule has 4 heterocycles. The molecule has 52 heavy (non-hydrogen) atoms.